The monoisotopic (exact) mass is 327 g/mol. The van der Waals surface area contributed by atoms with Crippen LogP contribution in [0, 0.1) is 0 Å². The van der Waals surface area contributed by atoms with Gasteiger partial charge in [0.2, 0.25) is 0 Å². The summed E-state index contributed by atoms with van der Waals surface area (Å²) in [5, 5.41) is 0.818. The predicted molar refractivity (Wildman–Crippen MR) is 99.3 cm³/mol. The molecule has 0 unspecified atom stereocenters. The number of piperazine rings is 1. The maximum Gasteiger partial charge on any atom is 0.0989 e. The number of hydrogen-bond donors (Lipinski definition) is 1. The molecule has 3 rings (SSSR count). The predicted octanol–water partition coefficient (Wildman–Crippen LogP) is 3.15. The molecule has 0 radical (unpaired) electrons. The Morgan fingerprint density at radius 3 is 2.52 bits per heavy atom. The molecule has 0 aromatic heterocycles. The molecule has 0 spiro atoms. The molecule has 0 bridgehead atoms. The quantitative estimate of drug-likeness (QED) is 0.906. The van der Waals surface area contributed by atoms with Gasteiger partial charge < -0.3 is 9.80 Å². The van der Waals surface area contributed by atoms with Crippen LogP contribution >= 0.6 is 11.6 Å². The van der Waals surface area contributed by atoms with Crippen molar-refractivity contribution < 1.29 is 4.90 Å². The molecule has 1 heterocycles. The molecule has 2 aromatic carbocycles. The Kier molecular flexibility index (Phi) is 5.37. The van der Waals surface area contributed by atoms with Crippen LogP contribution in [0.2, 0.25) is 5.02 Å². The van der Waals surface area contributed by atoms with E-state index in [2.05, 4.69) is 60.4 Å². The summed E-state index contributed by atoms with van der Waals surface area (Å²) in [5.41, 5.74) is 3.98. The van der Waals surface area contributed by atoms with E-state index in [1.165, 1.54) is 29.9 Å². The maximum absolute atomic E-state index is 6.10. The number of rotatable bonds is 4. The summed E-state index contributed by atoms with van der Waals surface area (Å²) < 4.78 is 0. The average molecular weight is 328 g/mol. The highest BCUT2D eigenvalue weighted by Crippen LogP contribution is 2.19. The van der Waals surface area contributed by atoms with Crippen molar-refractivity contribution in [3.8, 4) is 0 Å². The third-order valence-corrected chi connectivity index (χ3v) is 4.62. The molecule has 0 atom stereocenters. The fraction of sp³-hybridized carbons (Fsp3) is 0.300. The average Bonchev–Trinajstić information content (AvgIpc) is 2.56. The minimum absolute atomic E-state index is 0.818. The van der Waals surface area contributed by atoms with E-state index in [-0.39, 0.29) is 0 Å². The van der Waals surface area contributed by atoms with Crippen molar-refractivity contribution in [3.63, 3.8) is 0 Å². The number of nitrogens with zero attached hydrogens (tertiary/aromatic N) is 1. The van der Waals surface area contributed by atoms with Crippen molar-refractivity contribution in [3.05, 3.63) is 70.8 Å². The Bertz CT molecular complexity index is 658. The van der Waals surface area contributed by atoms with Gasteiger partial charge in [0.1, 0.15) is 0 Å². The highest BCUT2D eigenvalue weighted by Gasteiger charge is 2.20. The number of anilines is 1. The second kappa shape index (κ2) is 7.67. The van der Waals surface area contributed by atoms with Gasteiger partial charge in [-0.15, -0.1) is 0 Å². The minimum Gasteiger partial charge on any atom is -0.360 e. The molecule has 0 saturated carbocycles. The lowest BCUT2D eigenvalue weighted by Gasteiger charge is -2.34. The third kappa shape index (κ3) is 4.60. The molecule has 0 amide bonds. The number of nitrogens with one attached hydrogen (secondary N) is 1. The molecular formula is C20H24ClN2+. The Morgan fingerprint density at radius 2 is 1.83 bits per heavy atom. The van der Waals surface area contributed by atoms with Crippen molar-refractivity contribution in [2.75, 3.05) is 37.6 Å². The summed E-state index contributed by atoms with van der Waals surface area (Å²) in [7, 11) is 0. The number of hydrogen-bond acceptors (Lipinski definition) is 1. The van der Waals surface area contributed by atoms with Gasteiger partial charge in [-0.2, -0.15) is 0 Å². The van der Waals surface area contributed by atoms with Gasteiger partial charge >= 0.3 is 0 Å². The Balaban J connectivity index is 1.54. The lowest BCUT2D eigenvalue weighted by Crippen LogP contribution is -3.15. The molecule has 3 heteroatoms. The normalized spacial score (nSPS) is 16.6. The van der Waals surface area contributed by atoms with E-state index in [9.17, 15) is 0 Å². The lowest BCUT2D eigenvalue weighted by molar-refractivity contribution is -0.895. The molecule has 1 aliphatic heterocycles. The second-order valence-corrected chi connectivity index (χ2v) is 6.73. The van der Waals surface area contributed by atoms with Crippen LogP contribution in [0.3, 0.4) is 0 Å². The molecule has 23 heavy (non-hydrogen) atoms. The first kappa shape index (κ1) is 16.1. The minimum atomic E-state index is 0.818. The van der Waals surface area contributed by atoms with Crippen molar-refractivity contribution in [1.29, 1.82) is 0 Å². The molecule has 0 aliphatic carbocycles. The van der Waals surface area contributed by atoms with Crippen molar-refractivity contribution in [1.82, 2.24) is 0 Å². The van der Waals surface area contributed by atoms with E-state index in [1.54, 1.807) is 4.90 Å². The first-order valence-electron chi connectivity index (χ1n) is 8.27. The van der Waals surface area contributed by atoms with Crippen molar-refractivity contribution in [2.45, 2.75) is 6.92 Å². The zero-order chi connectivity index (χ0) is 16.1. The highest BCUT2D eigenvalue weighted by molar-refractivity contribution is 6.30. The van der Waals surface area contributed by atoms with Gasteiger partial charge in [-0.1, -0.05) is 54.1 Å². The van der Waals surface area contributed by atoms with Gasteiger partial charge in [-0.05, 0) is 36.3 Å². The molecule has 1 N–H and O–H groups in total. The van der Waals surface area contributed by atoms with Gasteiger partial charge in [0.15, 0.2) is 0 Å². The first-order chi connectivity index (χ1) is 11.2. The van der Waals surface area contributed by atoms with Crippen LogP contribution in [0.1, 0.15) is 12.5 Å². The fourth-order valence-corrected chi connectivity index (χ4v) is 3.39. The molecule has 2 aromatic rings. The molecule has 2 nitrogen and oxygen atoms in total. The summed E-state index contributed by atoms with van der Waals surface area (Å²) in [4.78, 5) is 4.10. The lowest BCUT2D eigenvalue weighted by atomic mass is 10.1. The Labute approximate surface area is 144 Å². The molecule has 120 valence electrons. The molecule has 1 saturated heterocycles. The summed E-state index contributed by atoms with van der Waals surface area (Å²) in [6.45, 7) is 7.89. The van der Waals surface area contributed by atoms with Gasteiger partial charge in [0.25, 0.3) is 0 Å². The Hall–Kier alpha value is -1.77. The highest BCUT2D eigenvalue weighted by atomic mass is 35.5. The van der Waals surface area contributed by atoms with Crippen LogP contribution < -0.4 is 9.80 Å². The SMILES string of the molecule is C/C(=C\c1ccccc1)C[NH+]1CCN(c2cccc(Cl)c2)CC1. The summed E-state index contributed by atoms with van der Waals surface area (Å²) in [6, 6.07) is 18.8. The van der Waals surface area contributed by atoms with Crippen LogP contribution in [-0.2, 0) is 0 Å². The van der Waals surface area contributed by atoms with E-state index < -0.39 is 0 Å². The van der Waals surface area contributed by atoms with Crippen molar-refractivity contribution in [2.24, 2.45) is 0 Å². The van der Waals surface area contributed by atoms with E-state index in [0.717, 1.165) is 24.7 Å². The first-order valence-corrected chi connectivity index (χ1v) is 8.65. The van der Waals surface area contributed by atoms with Gasteiger partial charge in [-0.3, -0.25) is 0 Å². The number of quaternary nitrogens is 1. The Morgan fingerprint density at radius 1 is 1.09 bits per heavy atom. The van der Waals surface area contributed by atoms with Crippen LogP contribution in [0.25, 0.3) is 6.08 Å². The van der Waals surface area contributed by atoms with Gasteiger partial charge in [-0.25, -0.2) is 0 Å². The summed E-state index contributed by atoms with van der Waals surface area (Å²) in [6.07, 6.45) is 2.30. The largest absolute Gasteiger partial charge is 0.360 e. The molecule has 1 aliphatic rings. The number of benzene rings is 2. The van der Waals surface area contributed by atoms with Crippen LogP contribution in [0.5, 0.6) is 0 Å². The zero-order valence-corrected chi connectivity index (χ0v) is 14.4. The van der Waals surface area contributed by atoms with Crippen LogP contribution in [0.4, 0.5) is 5.69 Å². The van der Waals surface area contributed by atoms with Gasteiger partial charge in [0, 0.05) is 10.7 Å². The van der Waals surface area contributed by atoms with Crippen LogP contribution in [-0.4, -0.2) is 32.7 Å². The van der Waals surface area contributed by atoms with E-state index >= 15 is 0 Å². The standard InChI is InChI=1S/C20H23ClN2/c1-17(14-18-6-3-2-4-7-18)16-22-10-12-23(13-11-22)20-9-5-8-19(21)15-20/h2-9,14-15H,10-13,16H2,1H3/p+1/b17-14+. The van der Waals surface area contributed by atoms with Crippen molar-refractivity contribution >= 4 is 23.4 Å². The van der Waals surface area contributed by atoms with E-state index in [1.807, 2.05) is 12.1 Å². The fourth-order valence-electron chi connectivity index (χ4n) is 3.21. The number of halogens is 1. The third-order valence-electron chi connectivity index (χ3n) is 4.39. The summed E-state index contributed by atoms with van der Waals surface area (Å²) >= 11 is 6.10. The zero-order valence-electron chi connectivity index (χ0n) is 13.6. The van der Waals surface area contributed by atoms with Gasteiger partial charge in [0.05, 0.1) is 32.7 Å². The second-order valence-electron chi connectivity index (χ2n) is 6.30. The maximum atomic E-state index is 6.10. The molecule has 1 fully saturated rings. The smallest absolute Gasteiger partial charge is 0.0989 e. The van der Waals surface area contributed by atoms with Crippen LogP contribution in [0.15, 0.2) is 60.2 Å². The van der Waals surface area contributed by atoms with E-state index in [0.29, 0.717) is 0 Å². The topological polar surface area (TPSA) is 7.68 Å². The van der Waals surface area contributed by atoms with E-state index in [4.69, 9.17) is 11.6 Å². The summed E-state index contributed by atoms with van der Waals surface area (Å²) in [5.74, 6) is 0. The molecular weight excluding hydrogens is 304 g/mol.